The lowest BCUT2D eigenvalue weighted by atomic mass is 9.99. The maximum atomic E-state index is 12.9. The van der Waals surface area contributed by atoms with E-state index < -0.39 is 6.04 Å². The number of para-hydroxylation sites is 1. The summed E-state index contributed by atoms with van der Waals surface area (Å²) in [4.78, 5) is 12.9. The van der Waals surface area contributed by atoms with Crippen LogP contribution in [0.5, 0.6) is 5.75 Å². The van der Waals surface area contributed by atoms with Crippen molar-refractivity contribution < 1.29 is 9.53 Å². The van der Waals surface area contributed by atoms with E-state index in [0.29, 0.717) is 0 Å². The average Bonchev–Trinajstić information content (AvgIpc) is 3.22. The molecular formula is C23H22N4O2. The number of hydrogen-bond donors (Lipinski definition) is 3. The summed E-state index contributed by atoms with van der Waals surface area (Å²) in [6, 6.07) is 21.0. The van der Waals surface area contributed by atoms with Gasteiger partial charge in [-0.25, -0.2) is 0 Å². The number of fused-ring (bicyclic) bond motifs is 1. The largest absolute Gasteiger partial charge is 0.496 e. The molecule has 0 aliphatic carbocycles. The molecule has 1 unspecified atom stereocenters. The Kier molecular flexibility index (Phi) is 5.27. The van der Waals surface area contributed by atoms with Crippen LogP contribution < -0.4 is 15.4 Å². The van der Waals surface area contributed by atoms with Crippen LogP contribution in [0.15, 0.2) is 72.9 Å². The quantitative estimate of drug-likeness (QED) is 0.465. The molecule has 0 saturated carbocycles. The highest BCUT2D eigenvalue weighted by Gasteiger charge is 2.19. The van der Waals surface area contributed by atoms with Gasteiger partial charge >= 0.3 is 0 Å². The smallest absolute Gasteiger partial charge is 0.246 e. The number of aromatic nitrogens is 2. The first-order valence-electron chi connectivity index (χ1n) is 9.34. The van der Waals surface area contributed by atoms with Crippen molar-refractivity contribution >= 4 is 22.5 Å². The van der Waals surface area contributed by atoms with Crippen LogP contribution >= 0.6 is 0 Å². The lowest BCUT2D eigenvalue weighted by Gasteiger charge is -2.17. The number of likely N-dealkylation sites (N-methyl/N-ethyl adjacent to an activating group) is 1. The molecule has 4 aromatic rings. The summed E-state index contributed by atoms with van der Waals surface area (Å²) in [5.41, 5.74) is 4.59. The molecule has 0 aliphatic rings. The molecule has 1 amide bonds. The van der Waals surface area contributed by atoms with E-state index >= 15 is 0 Å². The number of ether oxygens (including phenoxy) is 1. The Bertz CT molecular complexity index is 1140. The first-order chi connectivity index (χ1) is 14.2. The molecule has 0 fully saturated rings. The van der Waals surface area contributed by atoms with Crippen molar-refractivity contribution in [2.45, 2.75) is 6.04 Å². The zero-order chi connectivity index (χ0) is 20.2. The first kappa shape index (κ1) is 18.7. The van der Waals surface area contributed by atoms with E-state index in [0.717, 1.165) is 39.0 Å². The minimum absolute atomic E-state index is 0.125. The number of H-pyrrole nitrogens is 1. The van der Waals surface area contributed by atoms with Gasteiger partial charge in [-0.05, 0) is 42.4 Å². The fourth-order valence-electron chi connectivity index (χ4n) is 3.42. The van der Waals surface area contributed by atoms with Crippen molar-refractivity contribution in [3.63, 3.8) is 0 Å². The van der Waals surface area contributed by atoms with Crippen molar-refractivity contribution in [2.24, 2.45) is 0 Å². The lowest BCUT2D eigenvalue weighted by molar-refractivity contribution is -0.118. The van der Waals surface area contributed by atoms with Crippen LogP contribution in [-0.2, 0) is 4.79 Å². The summed E-state index contributed by atoms with van der Waals surface area (Å²) in [6.45, 7) is 0. The number of aromatic amines is 1. The van der Waals surface area contributed by atoms with Crippen molar-refractivity contribution in [2.75, 3.05) is 19.5 Å². The maximum absolute atomic E-state index is 12.9. The number of carbonyl (C=O) groups excluding carboxylic acids is 1. The van der Waals surface area contributed by atoms with Crippen LogP contribution in [0, 0.1) is 0 Å². The number of anilines is 1. The fourth-order valence-corrected chi connectivity index (χ4v) is 3.42. The van der Waals surface area contributed by atoms with E-state index in [4.69, 9.17) is 4.74 Å². The highest BCUT2D eigenvalue weighted by atomic mass is 16.5. The van der Waals surface area contributed by atoms with Gasteiger partial charge in [0, 0.05) is 16.6 Å². The third kappa shape index (κ3) is 3.83. The minimum atomic E-state index is -0.471. The number of nitrogens with one attached hydrogen (secondary N) is 3. The predicted octanol–water partition coefficient (Wildman–Crippen LogP) is 4.14. The van der Waals surface area contributed by atoms with Gasteiger partial charge < -0.3 is 15.4 Å². The normalized spacial score (nSPS) is 11.9. The second-order valence-electron chi connectivity index (χ2n) is 6.71. The third-order valence-electron chi connectivity index (χ3n) is 4.92. The predicted molar refractivity (Wildman–Crippen MR) is 115 cm³/mol. The van der Waals surface area contributed by atoms with Crippen molar-refractivity contribution in [1.82, 2.24) is 15.5 Å². The molecular weight excluding hydrogens is 364 g/mol. The van der Waals surface area contributed by atoms with Gasteiger partial charge in [0.2, 0.25) is 5.91 Å². The highest BCUT2D eigenvalue weighted by molar-refractivity contribution is 5.97. The number of rotatable bonds is 6. The molecule has 1 atom stereocenters. The molecule has 146 valence electrons. The van der Waals surface area contributed by atoms with E-state index in [9.17, 15) is 4.79 Å². The molecule has 6 nitrogen and oxygen atoms in total. The summed E-state index contributed by atoms with van der Waals surface area (Å²) < 4.78 is 5.44. The second kappa shape index (κ2) is 8.16. The summed E-state index contributed by atoms with van der Waals surface area (Å²) in [5, 5.41) is 13.9. The van der Waals surface area contributed by atoms with Gasteiger partial charge in [-0.2, -0.15) is 5.10 Å². The van der Waals surface area contributed by atoms with Crippen LogP contribution in [0.3, 0.4) is 0 Å². The number of benzene rings is 3. The SMILES string of the molecule is CNC(C(=O)Nc1ccc2[nH]ncc2c1)c1ccc(-c2ccccc2OC)cc1. The maximum Gasteiger partial charge on any atom is 0.246 e. The van der Waals surface area contributed by atoms with Crippen LogP contribution in [0.25, 0.3) is 22.0 Å². The average molecular weight is 386 g/mol. The Morgan fingerprint density at radius 2 is 1.86 bits per heavy atom. The molecule has 1 aromatic heterocycles. The number of methoxy groups -OCH3 is 1. The second-order valence-corrected chi connectivity index (χ2v) is 6.71. The molecule has 4 rings (SSSR count). The van der Waals surface area contributed by atoms with Crippen LogP contribution in [-0.4, -0.2) is 30.3 Å². The zero-order valence-corrected chi connectivity index (χ0v) is 16.3. The Balaban J connectivity index is 1.54. The van der Waals surface area contributed by atoms with E-state index in [1.54, 1.807) is 20.4 Å². The van der Waals surface area contributed by atoms with E-state index in [1.807, 2.05) is 66.7 Å². The topological polar surface area (TPSA) is 79.0 Å². The Labute approximate surface area is 168 Å². The number of amides is 1. The Hall–Kier alpha value is -3.64. The lowest BCUT2D eigenvalue weighted by Crippen LogP contribution is -2.30. The molecule has 6 heteroatoms. The van der Waals surface area contributed by atoms with Gasteiger partial charge in [-0.3, -0.25) is 9.89 Å². The van der Waals surface area contributed by atoms with Crippen LogP contribution in [0.4, 0.5) is 5.69 Å². The molecule has 0 radical (unpaired) electrons. The molecule has 0 saturated heterocycles. The van der Waals surface area contributed by atoms with E-state index in [2.05, 4.69) is 20.8 Å². The van der Waals surface area contributed by atoms with Crippen molar-refractivity contribution in [3.8, 4) is 16.9 Å². The number of nitrogens with zero attached hydrogens (tertiary/aromatic N) is 1. The molecule has 3 N–H and O–H groups in total. The zero-order valence-electron chi connectivity index (χ0n) is 16.3. The molecule has 0 bridgehead atoms. The Morgan fingerprint density at radius 1 is 1.07 bits per heavy atom. The fraction of sp³-hybridized carbons (Fsp3) is 0.130. The summed E-state index contributed by atoms with van der Waals surface area (Å²) >= 11 is 0. The molecule has 0 spiro atoms. The van der Waals surface area contributed by atoms with Gasteiger partial charge in [-0.15, -0.1) is 0 Å². The summed E-state index contributed by atoms with van der Waals surface area (Å²) in [7, 11) is 3.44. The number of carbonyl (C=O) groups is 1. The van der Waals surface area contributed by atoms with Crippen molar-refractivity contribution in [3.05, 3.63) is 78.5 Å². The van der Waals surface area contributed by atoms with Gasteiger partial charge in [0.05, 0.1) is 18.8 Å². The van der Waals surface area contributed by atoms with Crippen molar-refractivity contribution in [1.29, 1.82) is 0 Å². The molecule has 3 aromatic carbocycles. The van der Waals surface area contributed by atoms with Crippen LogP contribution in [0.1, 0.15) is 11.6 Å². The summed E-state index contributed by atoms with van der Waals surface area (Å²) in [6.07, 6.45) is 1.73. The monoisotopic (exact) mass is 386 g/mol. The van der Waals surface area contributed by atoms with E-state index in [-0.39, 0.29) is 5.91 Å². The van der Waals surface area contributed by atoms with Crippen LogP contribution in [0.2, 0.25) is 0 Å². The van der Waals surface area contributed by atoms with E-state index in [1.165, 1.54) is 0 Å². The molecule has 0 aliphatic heterocycles. The minimum Gasteiger partial charge on any atom is -0.496 e. The van der Waals surface area contributed by atoms with Gasteiger partial charge in [-0.1, -0.05) is 42.5 Å². The number of hydrogen-bond acceptors (Lipinski definition) is 4. The standard InChI is InChI=1S/C23H22N4O2/c1-24-22(23(28)26-18-11-12-20-17(13-18)14-25-27-20)16-9-7-15(8-10-16)19-5-3-4-6-21(19)29-2/h3-14,22,24H,1-2H3,(H,25,27)(H,26,28). The van der Waals surface area contributed by atoms with Gasteiger partial charge in [0.15, 0.2) is 0 Å². The first-order valence-corrected chi connectivity index (χ1v) is 9.34. The van der Waals surface area contributed by atoms with Gasteiger partial charge in [0.1, 0.15) is 11.8 Å². The van der Waals surface area contributed by atoms with Gasteiger partial charge in [0.25, 0.3) is 0 Å². The third-order valence-corrected chi connectivity index (χ3v) is 4.92. The molecule has 1 heterocycles. The summed E-state index contributed by atoms with van der Waals surface area (Å²) in [5.74, 6) is 0.693. The Morgan fingerprint density at radius 3 is 2.62 bits per heavy atom. The molecule has 29 heavy (non-hydrogen) atoms. The highest BCUT2D eigenvalue weighted by Crippen LogP contribution is 2.30.